The fraction of sp³-hybridized carbons (Fsp3) is 1.00. The summed E-state index contributed by atoms with van der Waals surface area (Å²) in [4.78, 5) is 0. The summed E-state index contributed by atoms with van der Waals surface area (Å²) in [7, 11) is 3.46. The Morgan fingerprint density at radius 1 is 0.810 bits per heavy atom. The Bertz CT molecular complexity index is 220. The van der Waals surface area contributed by atoms with Gasteiger partial charge < -0.3 is 0 Å². The fourth-order valence-electron chi connectivity index (χ4n) is 2.62. The molecule has 1 unspecified atom stereocenters. The van der Waals surface area contributed by atoms with Gasteiger partial charge in [0.1, 0.15) is 0 Å². The highest BCUT2D eigenvalue weighted by molar-refractivity contribution is 8.76. The minimum atomic E-state index is -1.16. The van der Waals surface area contributed by atoms with Crippen molar-refractivity contribution >= 4 is 56.4 Å². The van der Waals surface area contributed by atoms with E-state index in [1.165, 1.54) is 64.2 Å². The van der Waals surface area contributed by atoms with Crippen molar-refractivity contribution in [2.24, 2.45) is 5.92 Å². The summed E-state index contributed by atoms with van der Waals surface area (Å²) in [5, 5.41) is 0.0979. The molecule has 0 saturated heterocycles. The summed E-state index contributed by atoms with van der Waals surface area (Å²) in [6.45, 7) is 4.49. The third-order valence-corrected chi connectivity index (χ3v) is 7.24. The normalized spacial score (nSPS) is 13.9. The molecule has 0 bridgehead atoms. The first kappa shape index (κ1) is 22.6. The summed E-state index contributed by atoms with van der Waals surface area (Å²) < 4.78 is -1.16. The zero-order valence-corrected chi connectivity index (χ0v) is 17.6. The monoisotopic (exact) mass is 392 g/mol. The van der Waals surface area contributed by atoms with Crippen molar-refractivity contribution in [3.05, 3.63) is 0 Å². The van der Waals surface area contributed by atoms with E-state index in [4.69, 9.17) is 34.8 Å². The van der Waals surface area contributed by atoms with E-state index in [1.807, 2.05) is 0 Å². The number of hydrogen-bond acceptors (Lipinski definition) is 2. The van der Waals surface area contributed by atoms with E-state index in [9.17, 15) is 0 Å². The van der Waals surface area contributed by atoms with Crippen molar-refractivity contribution in [3.63, 3.8) is 0 Å². The molecule has 0 radical (unpaired) electrons. The zero-order valence-electron chi connectivity index (χ0n) is 13.7. The van der Waals surface area contributed by atoms with E-state index in [-0.39, 0.29) is 5.25 Å². The zero-order chi connectivity index (χ0) is 16.1. The Balaban J connectivity index is 4.48. The van der Waals surface area contributed by atoms with Crippen LogP contribution in [0.3, 0.4) is 0 Å². The number of hydrogen-bond donors (Lipinski definition) is 0. The van der Waals surface area contributed by atoms with Gasteiger partial charge in [0.15, 0.2) is 0 Å². The van der Waals surface area contributed by atoms with Crippen LogP contribution in [0.1, 0.15) is 78.1 Å². The topological polar surface area (TPSA) is 0 Å². The minimum Gasteiger partial charge on any atom is -0.0972 e. The van der Waals surface area contributed by atoms with Crippen molar-refractivity contribution in [2.45, 2.75) is 87.1 Å². The van der Waals surface area contributed by atoms with Gasteiger partial charge in [-0.2, -0.15) is 0 Å². The lowest BCUT2D eigenvalue weighted by molar-refractivity contribution is 0.396. The quantitative estimate of drug-likeness (QED) is 0.175. The maximum atomic E-state index is 6.25. The van der Waals surface area contributed by atoms with Crippen molar-refractivity contribution in [3.8, 4) is 0 Å². The molecule has 0 aliphatic heterocycles. The van der Waals surface area contributed by atoms with Crippen LogP contribution in [-0.4, -0.2) is 15.3 Å². The molecule has 0 aliphatic carbocycles. The van der Waals surface area contributed by atoms with Crippen molar-refractivity contribution in [1.29, 1.82) is 0 Å². The highest BCUT2D eigenvalue weighted by atomic mass is 35.6. The predicted molar refractivity (Wildman–Crippen MR) is 106 cm³/mol. The van der Waals surface area contributed by atoms with Crippen LogP contribution >= 0.6 is 56.4 Å². The molecule has 0 nitrogen and oxygen atoms in total. The van der Waals surface area contributed by atoms with Gasteiger partial charge in [-0.15, -0.1) is 0 Å². The summed E-state index contributed by atoms with van der Waals surface area (Å²) in [6, 6.07) is 0. The molecule has 1 atom stereocenters. The Hall–Kier alpha value is 1.57. The van der Waals surface area contributed by atoms with Crippen LogP contribution in [0.5, 0.6) is 0 Å². The molecule has 0 amide bonds. The highest BCUT2D eigenvalue weighted by Gasteiger charge is 2.38. The van der Waals surface area contributed by atoms with Gasteiger partial charge in [-0.1, -0.05) is 122 Å². The molecule has 0 spiro atoms. The van der Waals surface area contributed by atoms with E-state index >= 15 is 0 Å². The van der Waals surface area contributed by atoms with Gasteiger partial charge in [-0.3, -0.25) is 0 Å². The largest absolute Gasteiger partial charge is 0.203 e. The Kier molecular flexibility index (Phi) is 15.0. The summed E-state index contributed by atoms with van der Waals surface area (Å²) >= 11 is 18.7. The molecule has 0 aliphatic rings. The molecule has 0 aromatic heterocycles. The summed E-state index contributed by atoms with van der Waals surface area (Å²) in [5.74, 6) is 0.517. The van der Waals surface area contributed by atoms with Crippen LogP contribution in [0.15, 0.2) is 0 Å². The first-order valence-corrected chi connectivity index (χ1v) is 12.0. The maximum Gasteiger partial charge on any atom is 0.203 e. The summed E-state index contributed by atoms with van der Waals surface area (Å²) in [5.41, 5.74) is 0. The second-order valence-corrected chi connectivity index (χ2v) is 10.7. The molecule has 0 rings (SSSR count). The Labute approximate surface area is 155 Å². The molecule has 0 N–H and O–H groups in total. The molecule has 21 heavy (non-hydrogen) atoms. The van der Waals surface area contributed by atoms with Crippen LogP contribution in [0.25, 0.3) is 0 Å². The average molecular weight is 394 g/mol. The number of unbranched alkanes of at least 4 members (excludes halogenated alkanes) is 6. The van der Waals surface area contributed by atoms with E-state index < -0.39 is 3.79 Å². The third-order valence-electron chi connectivity index (χ3n) is 3.81. The van der Waals surface area contributed by atoms with Gasteiger partial charge in [-0.05, 0) is 25.0 Å². The van der Waals surface area contributed by atoms with Gasteiger partial charge in [0.2, 0.25) is 3.79 Å². The molecule has 128 valence electrons. The first-order chi connectivity index (χ1) is 9.97. The Morgan fingerprint density at radius 3 is 1.62 bits per heavy atom. The molecular weight excluding hydrogens is 363 g/mol. The highest BCUT2D eigenvalue weighted by Crippen LogP contribution is 2.47. The van der Waals surface area contributed by atoms with Crippen LogP contribution in [-0.2, 0) is 0 Å². The van der Waals surface area contributed by atoms with Crippen LogP contribution in [0, 0.1) is 5.92 Å². The van der Waals surface area contributed by atoms with E-state index in [0.717, 1.165) is 0 Å². The lowest BCUT2D eigenvalue weighted by Gasteiger charge is -2.31. The van der Waals surface area contributed by atoms with E-state index in [1.54, 1.807) is 21.6 Å². The number of halogens is 3. The SMILES string of the molecule is CCCCCCC(CCCCCC)C(SSC)C(Cl)(Cl)Cl. The molecule has 0 saturated carbocycles. The fourth-order valence-corrected chi connectivity index (χ4v) is 6.30. The second kappa shape index (κ2) is 14.0. The van der Waals surface area contributed by atoms with Gasteiger partial charge in [0, 0.05) is 0 Å². The number of rotatable bonds is 13. The van der Waals surface area contributed by atoms with Gasteiger partial charge in [0.25, 0.3) is 0 Å². The van der Waals surface area contributed by atoms with E-state index in [0.29, 0.717) is 5.92 Å². The van der Waals surface area contributed by atoms with Gasteiger partial charge >= 0.3 is 0 Å². The maximum absolute atomic E-state index is 6.25. The minimum absolute atomic E-state index is 0.0979. The lowest BCUT2D eigenvalue weighted by atomic mass is 9.92. The summed E-state index contributed by atoms with van der Waals surface area (Å²) in [6.07, 6.45) is 14.8. The van der Waals surface area contributed by atoms with Crippen molar-refractivity contribution in [2.75, 3.05) is 6.26 Å². The molecule has 0 fully saturated rings. The lowest BCUT2D eigenvalue weighted by Crippen LogP contribution is -2.30. The predicted octanol–water partition coefficient (Wildman–Crippen LogP) is 8.29. The molecule has 0 heterocycles. The van der Waals surface area contributed by atoms with Gasteiger partial charge in [-0.25, -0.2) is 0 Å². The standard InChI is InChI=1S/C16H31Cl3S2/c1-4-6-8-10-12-14(13-11-9-7-5-2)15(21-20-3)16(17,18)19/h14-15H,4-13H2,1-3H3. The number of alkyl halides is 3. The smallest absolute Gasteiger partial charge is 0.0972 e. The Morgan fingerprint density at radius 2 is 1.29 bits per heavy atom. The second-order valence-electron chi connectivity index (χ2n) is 5.68. The van der Waals surface area contributed by atoms with Crippen molar-refractivity contribution < 1.29 is 0 Å². The third kappa shape index (κ3) is 11.7. The molecule has 0 aromatic carbocycles. The van der Waals surface area contributed by atoms with Crippen molar-refractivity contribution in [1.82, 2.24) is 0 Å². The first-order valence-electron chi connectivity index (χ1n) is 8.23. The van der Waals surface area contributed by atoms with Crippen LogP contribution in [0.2, 0.25) is 0 Å². The average Bonchev–Trinajstić information content (AvgIpc) is 2.42. The molecule has 5 heteroatoms. The van der Waals surface area contributed by atoms with Gasteiger partial charge in [0.05, 0.1) is 5.25 Å². The molecular formula is C16H31Cl3S2. The molecule has 0 aromatic rings. The van der Waals surface area contributed by atoms with E-state index in [2.05, 4.69) is 20.1 Å². The van der Waals surface area contributed by atoms with Crippen LogP contribution in [0.4, 0.5) is 0 Å². The van der Waals surface area contributed by atoms with Crippen LogP contribution < -0.4 is 0 Å².